The summed E-state index contributed by atoms with van der Waals surface area (Å²) in [5, 5.41) is 12.5. The minimum Gasteiger partial charge on any atom is -0.482 e. The maximum atomic E-state index is 12.3. The summed E-state index contributed by atoms with van der Waals surface area (Å²) < 4.78 is 15.2. The number of carboxylic acid groups (broad SMARTS) is 1. The van der Waals surface area contributed by atoms with Crippen molar-refractivity contribution in [1.29, 1.82) is 0 Å². The molecule has 9 heteroatoms. The van der Waals surface area contributed by atoms with Crippen LogP contribution >= 0.6 is 0 Å². The van der Waals surface area contributed by atoms with E-state index in [2.05, 4.69) is 10.1 Å². The van der Waals surface area contributed by atoms with E-state index in [1.54, 1.807) is 42.3 Å². The number of carbonyl (C=O) groups is 2. The third kappa shape index (κ3) is 5.19. The molecule has 0 aliphatic carbocycles. The molecule has 1 aromatic carbocycles. The number of amides is 1. The van der Waals surface area contributed by atoms with Crippen LogP contribution in [-0.2, 0) is 22.6 Å². The van der Waals surface area contributed by atoms with E-state index in [0.717, 1.165) is 5.56 Å². The number of carboxylic acids is 1. The first-order valence-corrected chi connectivity index (χ1v) is 8.54. The first-order valence-electron chi connectivity index (χ1n) is 8.54. The molecule has 1 N–H and O–H groups in total. The van der Waals surface area contributed by atoms with Crippen molar-refractivity contribution in [2.24, 2.45) is 0 Å². The van der Waals surface area contributed by atoms with Gasteiger partial charge in [-0.3, -0.25) is 4.79 Å². The van der Waals surface area contributed by atoms with Crippen LogP contribution in [0.25, 0.3) is 11.4 Å². The van der Waals surface area contributed by atoms with Gasteiger partial charge in [0.15, 0.2) is 6.61 Å². The van der Waals surface area contributed by atoms with Crippen LogP contribution in [-0.4, -0.2) is 45.7 Å². The van der Waals surface area contributed by atoms with Gasteiger partial charge >= 0.3 is 5.97 Å². The predicted octanol–water partition coefficient (Wildman–Crippen LogP) is 2.38. The Morgan fingerprint density at radius 2 is 2.00 bits per heavy atom. The molecule has 146 valence electrons. The van der Waals surface area contributed by atoms with Crippen LogP contribution in [0.2, 0.25) is 0 Å². The zero-order valence-corrected chi connectivity index (χ0v) is 15.2. The van der Waals surface area contributed by atoms with E-state index in [-0.39, 0.29) is 12.3 Å². The summed E-state index contributed by atoms with van der Waals surface area (Å²) >= 11 is 0. The third-order valence-electron chi connectivity index (χ3n) is 3.93. The van der Waals surface area contributed by atoms with Gasteiger partial charge in [0.25, 0.3) is 0 Å². The van der Waals surface area contributed by atoms with E-state index in [1.807, 2.05) is 0 Å². The van der Waals surface area contributed by atoms with E-state index in [4.69, 9.17) is 18.8 Å². The molecular formula is C19H19N3O6. The maximum Gasteiger partial charge on any atom is 0.341 e. The molecule has 9 nitrogen and oxygen atoms in total. The number of hydrogen-bond donors (Lipinski definition) is 1. The lowest BCUT2D eigenvalue weighted by molar-refractivity contribution is -0.139. The standard InChI is InChI=1S/C19H19N3O6/c1-22(10-13-2-4-15(5-3-13)27-12-18(24)25)17(23)7-6-16-20-19(21-28-16)14-8-9-26-11-14/h2-5,8-9,11H,6-7,10,12H2,1H3,(H,24,25). The maximum absolute atomic E-state index is 12.3. The molecule has 3 aromatic rings. The molecule has 0 unspecified atom stereocenters. The second-order valence-electron chi connectivity index (χ2n) is 6.10. The van der Waals surface area contributed by atoms with Crippen LogP contribution in [0.5, 0.6) is 5.75 Å². The number of aryl methyl sites for hydroxylation is 1. The monoisotopic (exact) mass is 385 g/mol. The van der Waals surface area contributed by atoms with E-state index in [0.29, 0.717) is 36.0 Å². The lowest BCUT2D eigenvalue weighted by Gasteiger charge is -2.17. The highest BCUT2D eigenvalue weighted by Gasteiger charge is 2.14. The Balaban J connectivity index is 1.47. The van der Waals surface area contributed by atoms with Crippen molar-refractivity contribution in [3.05, 3.63) is 54.3 Å². The lowest BCUT2D eigenvalue weighted by Crippen LogP contribution is -2.26. The predicted molar refractivity (Wildman–Crippen MR) is 96.4 cm³/mol. The van der Waals surface area contributed by atoms with Crippen LogP contribution in [0.3, 0.4) is 0 Å². The van der Waals surface area contributed by atoms with Gasteiger partial charge in [-0.15, -0.1) is 0 Å². The van der Waals surface area contributed by atoms with Crippen LogP contribution < -0.4 is 4.74 Å². The van der Waals surface area contributed by atoms with Gasteiger partial charge in [-0.05, 0) is 23.8 Å². The van der Waals surface area contributed by atoms with Crippen molar-refractivity contribution in [3.63, 3.8) is 0 Å². The number of aliphatic carboxylic acids is 1. The number of ether oxygens (including phenoxy) is 1. The molecule has 0 spiro atoms. The molecule has 2 aromatic heterocycles. The molecule has 28 heavy (non-hydrogen) atoms. The Hall–Kier alpha value is -3.62. The average molecular weight is 385 g/mol. The second-order valence-corrected chi connectivity index (χ2v) is 6.10. The van der Waals surface area contributed by atoms with Gasteiger partial charge < -0.3 is 23.7 Å². The van der Waals surface area contributed by atoms with E-state index in [9.17, 15) is 9.59 Å². The molecule has 0 saturated carbocycles. The minimum absolute atomic E-state index is 0.0609. The number of benzene rings is 1. The fourth-order valence-corrected chi connectivity index (χ4v) is 2.47. The van der Waals surface area contributed by atoms with Gasteiger partial charge in [0.2, 0.25) is 17.6 Å². The fraction of sp³-hybridized carbons (Fsp3) is 0.263. The van der Waals surface area contributed by atoms with Crippen molar-refractivity contribution in [1.82, 2.24) is 15.0 Å². The van der Waals surface area contributed by atoms with Gasteiger partial charge in [0.05, 0.1) is 11.8 Å². The SMILES string of the molecule is CN(Cc1ccc(OCC(=O)O)cc1)C(=O)CCc1nc(-c2ccoc2)no1. The lowest BCUT2D eigenvalue weighted by atomic mass is 10.2. The molecule has 1 amide bonds. The highest BCUT2D eigenvalue weighted by molar-refractivity contribution is 5.76. The highest BCUT2D eigenvalue weighted by Crippen LogP contribution is 2.17. The molecule has 0 atom stereocenters. The summed E-state index contributed by atoms with van der Waals surface area (Å²) in [5.74, 6) is 0.180. The van der Waals surface area contributed by atoms with Crippen LogP contribution in [0.4, 0.5) is 0 Å². The van der Waals surface area contributed by atoms with Gasteiger partial charge in [0.1, 0.15) is 12.0 Å². The van der Waals surface area contributed by atoms with Gasteiger partial charge in [0, 0.05) is 26.4 Å². The Morgan fingerprint density at radius 1 is 1.21 bits per heavy atom. The smallest absolute Gasteiger partial charge is 0.341 e. The van der Waals surface area contributed by atoms with Crippen LogP contribution in [0.15, 0.2) is 51.8 Å². The molecule has 0 radical (unpaired) electrons. The molecule has 0 saturated heterocycles. The topological polar surface area (TPSA) is 119 Å². The molecule has 0 aliphatic heterocycles. The number of aromatic nitrogens is 2. The number of carbonyl (C=O) groups excluding carboxylic acids is 1. The van der Waals surface area contributed by atoms with E-state index < -0.39 is 12.6 Å². The fourth-order valence-electron chi connectivity index (χ4n) is 2.47. The van der Waals surface area contributed by atoms with Crippen LogP contribution in [0, 0.1) is 0 Å². The zero-order chi connectivity index (χ0) is 19.9. The normalized spacial score (nSPS) is 10.6. The van der Waals surface area contributed by atoms with E-state index in [1.165, 1.54) is 12.5 Å². The Morgan fingerprint density at radius 3 is 2.68 bits per heavy atom. The summed E-state index contributed by atoms with van der Waals surface area (Å²) in [5.41, 5.74) is 1.62. The number of nitrogens with zero attached hydrogens (tertiary/aromatic N) is 3. The minimum atomic E-state index is -1.03. The molecule has 0 aliphatic rings. The van der Waals surface area contributed by atoms with Crippen molar-refractivity contribution >= 4 is 11.9 Å². The molecule has 0 fully saturated rings. The number of hydrogen-bond acceptors (Lipinski definition) is 7. The molecule has 2 heterocycles. The second kappa shape index (κ2) is 8.85. The van der Waals surface area contributed by atoms with Crippen molar-refractivity contribution in [2.75, 3.05) is 13.7 Å². The highest BCUT2D eigenvalue weighted by atomic mass is 16.5. The summed E-state index contributed by atoms with van der Waals surface area (Å²) in [6, 6.07) is 8.65. The first kappa shape index (κ1) is 19.2. The first-order chi connectivity index (χ1) is 13.5. The zero-order valence-electron chi connectivity index (χ0n) is 15.2. The Bertz CT molecular complexity index is 918. The molecule has 3 rings (SSSR count). The van der Waals surface area contributed by atoms with Crippen molar-refractivity contribution in [2.45, 2.75) is 19.4 Å². The molecule has 0 bridgehead atoms. The van der Waals surface area contributed by atoms with Crippen molar-refractivity contribution < 1.29 is 28.4 Å². The van der Waals surface area contributed by atoms with Crippen molar-refractivity contribution in [3.8, 4) is 17.1 Å². The molecular weight excluding hydrogens is 366 g/mol. The number of furan rings is 1. The summed E-state index contributed by atoms with van der Waals surface area (Å²) in [6.45, 7) is 0.0257. The quantitative estimate of drug-likeness (QED) is 0.596. The van der Waals surface area contributed by atoms with E-state index >= 15 is 0 Å². The summed E-state index contributed by atoms with van der Waals surface area (Å²) in [6.07, 6.45) is 3.62. The summed E-state index contributed by atoms with van der Waals surface area (Å²) in [4.78, 5) is 28.7. The third-order valence-corrected chi connectivity index (χ3v) is 3.93. The van der Waals surface area contributed by atoms with Gasteiger partial charge in [-0.1, -0.05) is 17.3 Å². The van der Waals surface area contributed by atoms with Crippen LogP contribution in [0.1, 0.15) is 17.9 Å². The Kier molecular flexibility index (Phi) is 6.05. The summed E-state index contributed by atoms with van der Waals surface area (Å²) in [7, 11) is 1.71. The largest absolute Gasteiger partial charge is 0.482 e. The average Bonchev–Trinajstić information content (AvgIpc) is 3.37. The Labute approximate surface area is 160 Å². The van der Waals surface area contributed by atoms with Gasteiger partial charge in [-0.2, -0.15) is 4.98 Å². The number of rotatable bonds is 9. The van der Waals surface area contributed by atoms with Gasteiger partial charge in [-0.25, -0.2) is 4.79 Å².